The lowest BCUT2D eigenvalue weighted by Crippen LogP contribution is -2.60. The predicted molar refractivity (Wildman–Crippen MR) is 349 cm³/mol. The van der Waals surface area contributed by atoms with Crippen LogP contribution < -0.4 is 71.2 Å². The summed E-state index contributed by atoms with van der Waals surface area (Å²) in [6.07, 6.45) is -0.763. The average Bonchev–Trinajstić information content (AvgIpc) is 2.87. The highest BCUT2D eigenvalue weighted by Gasteiger charge is 2.38. The molecule has 3 rings (SSSR count). The van der Waals surface area contributed by atoms with Gasteiger partial charge in [-0.05, 0) is 139 Å². The molecule has 2 aromatic rings. The van der Waals surface area contributed by atoms with Gasteiger partial charge in [0.05, 0.1) is 18.2 Å². The first-order chi connectivity index (χ1) is 43.8. The summed E-state index contributed by atoms with van der Waals surface area (Å²) in [7, 11) is 0. The van der Waals surface area contributed by atoms with Crippen molar-refractivity contribution >= 4 is 64.6 Å². The van der Waals surface area contributed by atoms with Crippen LogP contribution in [0.15, 0.2) is 54.6 Å². The van der Waals surface area contributed by atoms with Crippen LogP contribution in [0.1, 0.15) is 155 Å². The largest absolute Gasteiger partial charge is 0.391 e. The van der Waals surface area contributed by atoms with Crippen molar-refractivity contribution in [1.29, 1.82) is 0 Å². The zero-order valence-corrected chi connectivity index (χ0v) is 54.8. The number of Topliss-reactive ketones (excluding diaryl/α,β-unsaturated/α-hetero) is 3. The molecule has 0 spiro atoms. The maximum Gasteiger partial charge on any atom is 0.245 e. The van der Waals surface area contributed by atoms with E-state index >= 15 is 0 Å². The highest BCUT2D eigenvalue weighted by molar-refractivity contribution is 5.99. The molecule has 1 saturated heterocycles. The molecule has 13 atom stereocenters. The second-order valence-corrected chi connectivity index (χ2v) is 25.0. The molecule has 2 aromatic carbocycles. The van der Waals surface area contributed by atoms with Crippen molar-refractivity contribution in [1.82, 2.24) is 42.5 Å². The Labute approximate surface area is 542 Å². The molecular formula is C66H107N13O13. The molecule has 8 amide bonds. The molecule has 0 aliphatic carbocycles. The van der Waals surface area contributed by atoms with E-state index < -0.39 is 157 Å². The fraction of sp³-hybridized carbons (Fsp3) is 0.652. The van der Waals surface area contributed by atoms with E-state index in [9.17, 15) is 63.0 Å². The van der Waals surface area contributed by atoms with Crippen molar-refractivity contribution < 1.29 is 63.0 Å². The zero-order valence-electron chi connectivity index (χ0n) is 54.8. The van der Waals surface area contributed by atoms with E-state index in [0.717, 1.165) is 30.4 Å². The van der Waals surface area contributed by atoms with Gasteiger partial charge < -0.3 is 81.4 Å². The number of carbonyl (C=O) groups excluding carboxylic acids is 11. The Kier molecular flexibility index (Phi) is 36.3. The van der Waals surface area contributed by atoms with Crippen LogP contribution >= 0.6 is 0 Å². The Morgan fingerprint density at radius 2 is 1.12 bits per heavy atom. The van der Waals surface area contributed by atoms with Gasteiger partial charge in [0.2, 0.25) is 47.3 Å². The maximum atomic E-state index is 14.8. The number of nitrogens with one attached hydrogen (secondary N) is 8. The smallest absolute Gasteiger partial charge is 0.245 e. The predicted octanol–water partition coefficient (Wildman–Crippen LogP) is -0.382. The Balaban J connectivity index is 2.12. The first-order valence-corrected chi connectivity index (χ1v) is 32.7. The molecule has 0 saturated carbocycles. The van der Waals surface area contributed by atoms with Crippen LogP contribution in [0.4, 0.5) is 0 Å². The molecule has 26 nitrogen and oxygen atoms in total. The third-order valence-corrected chi connectivity index (χ3v) is 16.6. The summed E-state index contributed by atoms with van der Waals surface area (Å²) in [4.78, 5) is 156. The molecule has 92 heavy (non-hydrogen) atoms. The molecule has 1 fully saturated rings. The number of rotatable bonds is 33. The molecule has 514 valence electrons. The first kappa shape index (κ1) is 79.2. The first-order valence-electron chi connectivity index (χ1n) is 32.7. The molecule has 1 aliphatic rings. The molecular weight excluding hydrogens is 1180 g/mol. The van der Waals surface area contributed by atoms with Crippen molar-refractivity contribution in [3.63, 3.8) is 0 Å². The minimum atomic E-state index is -1.67. The summed E-state index contributed by atoms with van der Waals surface area (Å²) >= 11 is 0. The third kappa shape index (κ3) is 28.0. The fourth-order valence-corrected chi connectivity index (χ4v) is 10.9. The van der Waals surface area contributed by atoms with Gasteiger partial charge in [0.15, 0.2) is 11.6 Å². The SMILES string of the molecule is CC[C@H](C)CCCCC(=O)C[C@@H](CCN)C(=O)N[C@H](C(=O)C[C@@H](CCN)C(=O)N[C@H]1CCNC(=O)[C@H]([C@@H](C)O)NC(=O)[C@H](CCN)NC(=O)[C@H](CCN)NC(=O)[C@H](CC(C)C)NC(=O)[C@@H](Cc2ccc(Cc3ccccc3)cc2)CC(=O)[C@H](CCN)NC1=O)[C@@H](C)O. The Bertz CT molecular complexity index is 2680. The Morgan fingerprint density at radius 3 is 1.67 bits per heavy atom. The number of amides is 8. The van der Waals surface area contributed by atoms with Crippen molar-refractivity contribution in [2.75, 3.05) is 39.3 Å². The molecule has 1 aliphatic heterocycles. The van der Waals surface area contributed by atoms with Gasteiger partial charge in [-0.15, -0.1) is 0 Å². The van der Waals surface area contributed by atoms with E-state index in [2.05, 4.69) is 56.4 Å². The monoisotopic (exact) mass is 1290 g/mol. The van der Waals surface area contributed by atoms with Gasteiger partial charge in [0.25, 0.3) is 0 Å². The van der Waals surface area contributed by atoms with Crippen LogP contribution in [0.3, 0.4) is 0 Å². The Hall–Kier alpha value is -7.07. The summed E-state index contributed by atoms with van der Waals surface area (Å²) < 4.78 is 0. The van der Waals surface area contributed by atoms with E-state index in [0.29, 0.717) is 24.3 Å². The van der Waals surface area contributed by atoms with Crippen LogP contribution in [-0.4, -0.2) is 169 Å². The molecule has 26 heteroatoms. The summed E-state index contributed by atoms with van der Waals surface area (Å²) in [6.45, 7) is 9.44. The van der Waals surface area contributed by atoms with Crippen molar-refractivity contribution in [2.45, 2.75) is 205 Å². The number of hydrogen-bond acceptors (Lipinski definition) is 18. The lowest BCUT2D eigenvalue weighted by molar-refractivity contribution is -0.137. The standard InChI is InChI=1S/C66H107N13O13/c1-7-40(4)13-11-12-16-49(82)36-46(21-27-67)60(86)78-57(41(5)80)56(84)37-47(22-28-68)59(85)74-53-26-32-72-66(92)58(42(6)81)79-64(90)52(25-31-71)75-62(88)51(24-30-70)76-65(91)54(33-39(2)3)77-61(87)48(38-55(83)50(23-29-69)73-63(53)89)35-45-19-17-44(18-20-45)34-43-14-9-8-10-15-43/h8-10,14-15,17-20,39-42,46-48,50-54,57-58,80-81H,7,11-13,16,21-38,67-71H2,1-6H3,(H,72,92)(H,73,89)(H,74,85)(H,75,88)(H,76,91)(H,77,87)(H,78,86)(H,79,90)/t40-,41+,42+,46+,47+,48-,50-,51-,52-,53-,54-,57-,58-/m0/s1. The van der Waals surface area contributed by atoms with Gasteiger partial charge in [-0.3, -0.25) is 52.7 Å². The van der Waals surface area contributed by atoms with Gasteiger partial charge in [0.1, 0.15) is 42.0 Å². The minimum Gasteiger partial charge on any atom is -0.391 e. The number of nitrogens with two attached hydrogens (primary N) is 5. The van der Waals surface area contributed by atoms with Crippen molar-refractivity contribution in [3.05, 3.63) is 71.3 Å². The number of aliphatic hydroxyl groups is 2. The molecule has 0 radical (unpaired) electrons. The average molecular weight is 1290 g/mol. The lowest BCUT2D eigenvalue weighted by Gasteiger charge is -2.28. The van der Waals surface area contributed by atoms with Crippen LogP contribution in [0.25, 0.3) is 0 Å². The number of benzene rings is 2. The van der Waals surface area contributed by atoms with Crippen LogP contribution in [0, 0.1) is 29.6 Å². The van der Waals surface area contributed by atoms with Crippen LogP contribution in [0.2, 0.25) is 0 Å². The van der Waals surface area contributed by atoms with E-state index in [4.69, 9.17) is 28.7 Å². The maximum absolute atomic E-state index is 14.8. The number of aliphatic hydroxyl groups excluding tert-OH is 2. The zero-order chi connectivity index (χ0) is 68.5. The lowest BCUT2D eigenvalue weighted by atomic mass is 9.89. The summed E-state index contributed by atoms with van der Waals surface area (Å²) in [6, 6.07) is 6.98. The van der Waals surface area contributed by atoms with Gasteiger partial charge in [-0.1, -0.05) is 102 Å². The van der Waals surface area contributed by atoms with E-state index in [1.54, 1.807) is 0 Å². The van der Waals surface area contributed by atoms with Gasteiger partial charge in [-0.2, -0.15) is 0 Å². The number of carbonyl (C=O) groups is 11. The fourth-order valence-electron chi connectivity index (χ4n) is 10.9. The topological polar surface area (TPSA) is 455 Å². The van der Waals surface area contributed by atoms with Gasteiger partial charge >= 0.3 is 0 Å². The van der Waals surface area contributed by atoms with E-state index in [-0.39, 0.29) is 102 Å². The quantitative estimate of drug-likeness (QED) is 0.0405. The van der Waals surface area contributed by atoms with Crippen LogP contribution in [-0.2, 0) is 65.6 Å². The second-order valence-electron chi connectivity index (χ2n) is 25.0. The highest BCUT2D eigenvalue weighted by atomic mass is 16.3. The summed E-state index contributed by atoms with van der Waals surface area (Å²) in [5.74, 6) is -11.4. The molecule has 1 heterocycles. The highest BCUT2D eigenvalue weighted by Crippen LogP contribution is 2.22. The van der Waals surface area contributed by atoms with E-state index in [1.807, 2.05) is 68.4 Å². The molecule has 20 N–H and O–H groups in total. The van der Waals surface area contributed by atoms with Crippen LogP contribution in [0.5, 0.6) is 0 Å². The molecule has 0 unspecified atom stereocenters. The van der Waals surface area contributed by atoms with Gasteiger partial charge in [-0.25, -0.2) is 0 Å². The second kappa shape index (κ2) is 42.2. The van der Waals surface area contributed by atoms with Gasteiger partial charge in [0, 0.05) is 50.0 Å². The minimum absolute atomic E-state index is 0.0231. The van der Waals surface area contributed by atoms with E-state index in [1.165, 1.54) is 13.8 Å². The summed E-state index contributed by atoms with van der Waals surface area (Å²) in [5, 5.41) is 42.7. The normalized spacial score (nSPS) is 22.2. The molecule has 0 aromatic heterocycles. The third-order valence-electron chi connectivity index (χ3n) is 16.6. The van der Waals surface area contributed by atoms with Crippen molar-refractivity contribution in [2.24, 2.45) is 58.3 Å². The number of hydrogen-bond donors (Lipinski definition) is 15. The summed E-state index contributed by atoms with van der Waals surface area (Å²) in [5.41, 5.74) is 32.4. The number of unbranched alkanes of at least 4 members (excludes halogenated alkanes) is 1. The number of ketones is 3. The Morgan fingerprint density at radius 1 is 0.587 bits per heavy atom. The van der Waals surface area contributed by atoms with Crippen molar-refractivity contribution in [3.8, 4) is 0 Å². The molecule has 0 bridgehead atoms.